The summed E-state index contributed by atoms with van der Waals surface area (Å²) in [6.07, 6.45) is 2.54. The van der Waals surface area contributed by atoms with Crippen LogP contribution in [-0.4, -0.2) is 62.9 Å². The van der Waals surface area contributed by atoms with Crippen molar-refractivity contribution in [1.29, 1.82) is 0 Å². The molecule has 0 saturated carbocycles. The van der Waals surface area contributed by atoms with Crippen LogP contribution < -0.4 is 5.56 Å². The second kappa shape index (κ2) is 6.93. The summed E-state index contributed by atoms with van der Waals surface area (Å²) >= 11 is 1.27. The number of nitrogens with one attached hydrogen (secondary N) is 1. The van der Waals surface area contributed by atoms with Crippen LogP contribution in [0.1, 0.15) is 24.9 Å². The van der Waals surface area contributed by atoms with Gasteiger partial charge in [-0.2, -0.15) is 0 Å². The Morgan fingerprint density at radius 1 is 1.25 bits per heavy atom. The minimum absolute atomic E-state index is 0.0512. The van der Waals surface area contributed by atoms with Gasteiger partial charge < -0.3 is 15.0 Å². The molecule has 24 heavy (non-hydrogen) atoms. The number of rotatable bonds is 4. The molecule has 0 radical (unpaired) electrons. The zero-order valence-corrected chi connectivity index (χ0v) is 13.6. The Bertz CT molecular complexity index is 808. The number of amides is 1. The first-order chi connectivity index (χ1) is 11.5. The number of carboxylic acids is 1. The number of H-pyrrole nitrogens is 1. The number of aromatic nitrogens is 2. The van der Waals surface area contributed by atoms with Gasteiger partial charge in [-0.1, -0.05) is 0 Å². The van der Waals surface area contributed by atoms with Gasteiger partial charge in [-0.25, -0.2) is 9.78 Å². The SMILES string of the molecule is O=C(O)c1ccc(CN2CCN(C(=O)c3cnc[nH]c3=O)CC2)s1. The molecule has 1 aliphatic rings. The maximum atomic E-state index is 12.3. The fraction of sp³-hybridized carbons (Fsp3) is 0.333. The third-order valence-electron chi connectivity index (χ3n) is 3.86. The number of hydrogen-bond acceptors (Lipinski definition) is 6. The van der Waals surface area contributed by atoms with Crippen molar-refractivity contribution < 1.29 is 14.7 Å². The molecule has 0 aliphatic carbocycles. The number of carboxylic acid groups (broad SMARTS) is 1. The van der Waals surface area contributed by atoms with Crippen LogP contribution in [0.25, 0.3) is 0 Å². The maximum absolute atomic E-state index is 12.3. The summed E-state index contributed by atoms with van der Waals surface area (Å²) in [7, 11) is 0. The van der Waals surface area contributed by atoms with Gasteiger partial charge >= 0.3 is 5.97 Å². The second-order valence-corrected chi connectivity index (χ2v) is 6.60. The minimum Gasteiger partial charge on any atom is -0.477 e. The van der Waals surface area contributed by atoms with Crippen LogP contribution in [-0.2, 0) is 6.54 Å². The van der Waals surface area contributed by atoms with Crippen LogP contribution in [0.4, 0.5) is 0 Å². The predicted molar refractivity (Wildman–Crippen MR) is 87.3 cm³/mol. The van der Waals surface area contributed by atoms with Crippen LogP contribution in [0.15, 0.2) is 29.5 Å². The maximum Gasteiger partial charge on any atom is 0.345 e. The molecule has 126 valence electrons. The summed E-state index contributed by atoms with van der Waals surface area (Å²) in [6.45, 7) is 3.04. The van der Waals surface area contributed by atoms with E-state index >= 15 is 0 Å². The molecule has 0 atom stereocenters. The average Bonchev–Trinajstić information content (AvgIpc) is 3.04. The van der Waals surface area contributed by atoms with E-state index in [1.165, 1.54) is 23.9 Å². The molecule has 3 rings (SSSR count). The molecular weight excluding hydrogens is 332 g/mol. The molecule has 1 amide bonds. The van der Waals surface area contributed by atoms with Gasteiger partial charge in [-0.3, -0.25) is 14.5 Å². The Labute approximate surface area is 141 Å². The van der Waals surface area contributed by atoms with Gasteiger partial charge in [0, 0.05) is 43.8 Å². The van der Waals surface area contributed by atoms with Gasteiger partial charge in [0.15, 0.2) is 0 Å². The van der Waals surface area contributed by atoms with Crippen molar-refractivity contribution in [3.05, 3.63) is 50.3 Å². The molecule has 0 spiro atoms. The van der Waals surface area contributed by atoms with Crippen LogP contribution in [0.5, 0.6) is 0 Å². The first kappa shape index (κ1) is 16.3. The van der Waals surface area contributed by atoms with E-state index in [0.29, 0.717) is 37.6 Å². The molecule has 0 unspecified atom stereocenters. The number of nitrogens with zero attached hydrogens (tertiary/aromatic N) is 3. The number of thiophene rings is 1. The highest BCUT2D eigenvalue weighted by Gasteiger charge is 2.24. The molecule has 9 heteroatoms. The van der Waals surface area contributed by atoms with Crippen LogP contribution >= 0.6 is 11.3 Å². The lowest BCUT2D eigenvalue weighted by Crippen LogP contribution is -2.49. The highest BCUT2D eigenvalue weighted by Crippen LogP contribution is 2.19. The fourth-order valence-electron chi connectivity index (χ4n) is 2.57. The zero-order valence-electron chi connectivity index (χ0n) is 12.8. The number of carbonyl (C=O) groups excluding carboxylic acids is 1. The number of piperazine rings is 1. The van der Waals surface area contributed by atoms with E-state index in [9.17, 15) is 14.4 Å². The average molecular weight is 348 g/mol. The highest BCUT2D eigenvalue weighted by molar-refractivity contribution is 7.13. The molecule has 8 nitrogen and oxygen atoms in total. The monoisotopic (exact) mass is 348 g/mol. The van der Waals surface area contributed by atoms with E-state index < -0.39 is 11.5 Å². The summed E-state index contributed by atoms with van der Waals surface area (Å²) in [5.41, 5.74) is -0.382. The number of carbonyl (C=O) groups is 2. The van der Waals surface area contributed by atoms with Crippen molar-refractivity contribution in [2.24, 2.45) is 0 Å². The molecule has 0 bridgehead atoms. The Morgan fingerprint density at radius 3 is 2.62 bits per heavy atom. The fourth-order valence-corrected chi connectivity index (χ4v) is 3.46. The van der Waals surface area contributed by atoms with E-state index in [4.69, 9.17) is 5.11 Å². The molecule has 1 saturated heterocycles. The lowest BCUT2D eigenvalue weighted by atomic mass is 10.2. The van der Waals surface area contributed by atoms with Crippen molar-refractivity contribution >= 4 is 23.2 Å². The van der Waals surface area contributed by atoms with Crippen molar-refractivity contribution in [1.82, 2.24) is 19.8 Å². The van der Waals surface area contributed by atoms with E-state index in [-0.39, 0.29) is 11.5 Å². The van der Waals surface area contributed by atoms with Gasteiger partial charge in [0.05, 0.1) is 6.33 Å². The van der Waals surface area contributed by atoms with Crippen LogP contribution in [0.3, 0.4) is 0 Å². The van der Waals surface area contributed by atoms with E-state index in [0.717, 1.165) is 4.88 Å². The Balaban J connectivity index is 1.57. The van der Waals surface area contributed by atoms with Gasteiger partial charge in [0.1, 0.15) is 10.4 Å². The van der Waals surface area contributed by atoms with Crippen molar-refractivity contribution in [3.8, 4) is 0 Å². The lowest BCUT2D eigenvalue weighted by molar-refractivity contribution is 0.0626. The van der Waals surface area contributed by atoms with Crippen LogP contribution in [0.2, 0.25) is 0 Å². The molecule has 3 heterocycles. The normalized spacial score (nSPS) is 15.4. The number of aromatic amines is 1. The largest absolute Gasteiger partial charge is 0.477 e. The molecular formula is C15H16N4O4S. The molecule has 1 fully saturated rings. The summed E-state index contributed by atoms with van der Waals surface area (Å²) < 4.78 is 0. The summed E-state index contributed by atoms with van der Waals surface area (Å²) in [4.78, 5) is 46.2. The second-order valence-electron chi connectivity index (χ2n) is 5.43. The summed E-state index contributed by atoms with van der Waals surface area (Å²) in [5.74, 6) is -1.23. The van der Waals surface area contributed by atoms with Gasteiger partial charge in [-0.15, -0.1) is 11.3 Å². The van der Waals surface area contributed by atoms with Crippen molar-refractivity contribution in [3.63, 3.8) is 0 Å². The Kier molecular flexibility index (Phi) is 4.72. The van der Waals surface area contributed by atoms with Gasteiger partial charge in [-0.05, 0) is 12.1 Å². The van der Waals surface area contributed by atoms with Gasteiger partial charge in [0.25, 0.3) is 11.5 Å². The summed E-state index contributed by atoms with van der Waals surface area (Å²) in [6, 6.07) is 3.43. The number of hydrogen-bond donors (Lipinski definition) is 2. The number of aromatic carboxylic acids is 1. The predicted octanol–water partition coefficient (Wildman–Crippen LogP) is 0.488. The molecule has 1 aliphatic heterocycles. The van der Waals surface area contributed by atoms with E-state index in [1.54, 1.807) is 11.0 Å². The summed E-state index contributed by atoms with van der Waals surface area (Å²) in [5, 5.41) is 8.95. The van der Waals surface area contributed by atoms with E-state index in [2.05, 4.69) is 14.9 Å². The topological polar surface area (TPSA) is 107 Å². The third kappa shape index (κ3) is 3.52. The van der Waals surface area contributed by atoms with Crippen molar-refractivity contribution in [2.75, 3.05) is 26.2 Å². The molecule has 2 aromatic heterocycles. The quantitative estimate of drug-likeness (QED) is 0.833. The van der Waals surface area contributed by atoms with Crippen molar-refractivity contribution in [2.45, 2.75) is 6.54 Å². The molecule has 0 aromatic carbocycles. The first-order valence-corrected chi connectivity index (χ1v) is 8.22. The van der Waals surface area contributed by atoms with Crippen LogP contribution in [0, 0.1) is 0 Å². The lowest BCUT2D eigenvalue weighted by Gasteiger charge is -2.34. The Morgan fingerprint density at radius 2 is 2.00 bits per heavy atom. The van der Waals surface area contributed by atoms with E-state index in [1.807, 2.05) is 6.07 Å². The molecule has 2 aromatic rings. The molecule has 2 N–H and O–H groups in total. The first-order valence-electron chi connectivity index (χ1n) is 7.41. The third-order valence-corrected chi connectivity index (χ3v) is 4.92. The Hall–Kier alpha value is -2.52. The van der Waals surface area contributed by atoms with Gasteiger partial charge in [0.2, 0.25) is 0 Å². The standard InChI is InChI=1S/C15H16N4O4S/c20-13-11(7-16-9-17-13)14(21)19-5-3-18(4-6-19)8-10-1-2-12(24-10)15(22)23/h1-2,7,9H,3-6,8H2,(H,22,23)(H,16,17,20). The zero-order chi connectivity index (χ0) is 17.1. The minimum atomic E-state index is -0.914. The smallest absolute Gasteiger partial charge is 0.345 e. The highest BCUT2D eigenvalue weighted by atomic mass is 32.1.